The van der Waals surface area contributed by atoms with Crippen LogP contribution in [0, 0.1) is 0 Å². The van der Waals surface area contributed by atoms with Gasteiger partial charge in [0.15, 0.2) is 5.82 Å². The molecular weight excluding hydrogens is 417 g/mol. The monoisotopic (exact) mass is 436 g/mol. The largest absolute Gasteiger partial charge is 0.416 e. The zero-order chi connectivity index (χ0) is 21.0. The molecule has 3 heterocycles. The highest BCUT2D eigenvalue weighted by atomic mass is 35.5. The topological polar surface area (TPSA) is 48.5 Å². The number of carbonyl (C=O) groups is 1. The lowest BCUT2D eigenvalue weighted by Gasteiger charge is -2.46. The third kappa shape index (κ3) is 3.47. The van der Waals surface area contributed by atoms with Crippen molar-refractivity contribution in [1.82, 2.24) is 10.3 Å². The van der Waals surface area contributed by atoms with Crippen LogP contribution in [0.3, 0.4) is 0 Å². The molecule has 5 rings (SSSR count). The normalized spacial score (nSPS) is 20.7. The first-order valence-corrected chi connectivity index (χ1v) is 10.4. The Morgan fingerprint density at radius 2 is 2.00 bits per heavy atom. The van der Waals surface area contributed by atoms with Crippen molar-refractivity contribution in [2.75, 3.05) is 22.9 Å². The second-order valence-electron chi connectivity index (χ2n) is 8.08. The van der Waals surface area contributed by atoms with E-state index in [4.69, 9.17) is 11.6 Å². The molecule has 2 aromatic rings. The van der Waals surface area contributed by atoms with E-state index in [1.54, 1.807) is 17.0 Å². The van der Waals surface area contributed by atoms with E-state index in [0.717, 1.165) is 50.0 Å². The van der Waals surface area contributed by atoms with Crippen molar-refractivity contribution in [3.8, 4) is 11.3 Å². The molecule has 1 atom stereocenters. The summed E-state index contributed by atoms with van der Waals surface area (Å²) in [5, 5.41) is 3.28. The lowest BCUT2D eigenvalue weighted by Crippen LogP contribution is -2.57. The summed E-state index contributed by atoms with van der Waals surface area (Å²) in [6, 6.07) is 6.64. The maximum absolute atomic E-state index is 13.2. The van der Waals surface area contributed by atoms with E-state index >= 15 is 0 Å². The first kappa shape index (κ1) is 19.5. The van der Waals surface area contributed by atoms with Gasteiger partial charge in [-0.15, -0.1) is 0 Å². The number of urea groups is 1. The van der Waals surface area contributed by atoms with Crippen molar-refractivity contribution in [3.05, 3.63) is 40.9 Å². The average molecular weight is 437 g/mol. The lowest BCUT2D eigenvalue weighted by atomic mass is 9.99. The molecule has 0 radical (unpaired) electrons. The summed E-state index contributed by atoms with van der Waals surface area (Å²) in [5.41, 5.74) is 0.495. The van der Waals surface area contributed by atoms with Crippen molar-refractivity contribution in [2.45, 2.75) is 43.9 Å². The number of amides is 2. The number of anilines is 2. The van der Waals surface area contributed by atoms with Gasteiger partial charge in [0.05, 0.1) is 28.0 Å². The number of alkyl halides is 3. The molecule has 1 aromatic heterocycles. The molecule has 1 aromatic carbocycles. The molecular formula is C21H20ClF3N4O. The molecule has 1 aliphatic carbocycles. The SMILES string of the molecule is O=C(NC1CC1)N1c2nc(-c3cccc(C(F)(F)F)c3)c(Cl)cc2N2CCC[C@H]1C2. The second kappa shape index (κ2) is 7.04. The summed E-state index contributed by atoms with van der Waals surface area (Å²) < 4.78 is 39.6. The Labute approximate surface area is 176 Å². The van der Waals surface area contributed by atoms with Gasteiger partial charge in [-0.1, -0.05) is 23.7 Å². The standard InChI is InChI=1S/C21H20ClF3N4O/c22-16-10-17-19(27-18(16)12-3-1-4-13(9-12)21(23,24)25)29(20(30)26-14-6-7-14)15-5-2-8-28(17)11-15/h1,3-4,9-10,14-15H,2,5-8,11H2,(H,26,30)/t15-/m0/s1. The van der Waals surface area contributed by atoms with Crippen LogP contribution >= 0.6 is 11.6 Å². The number of nitrogens with zero attached hydrogens (tertiary/aromatic N) is 3. The number of nitrogens with one attached hydrogen (secondary N) is 1. The number of hydrogen-bond donors (Lipinski definition) is 1. The number of aromatic nitrogens is 1. The summed E-state index contributed by atoms with van der Waals surface area (Å²) in [5.74, 6) is 0.459. The molecule has 2 amide bonds. The Kier molecular flexibility index (Phi) is 4.57. The third-order valence-corrected chi connectivity index (χ3v) is 6.14. The minimum Gasteiger partial charge on any atom is -0.366 e. The Morgan fingerprint density at radius 3 is 2.73 bits per heavy atom. The first-order chi connectivity index (χ1) is 14.3. The Hall–Kier alpha value is -2.48. The van der Waals surface area contributed by atoms with Crippen LogP contribution in [0.25, 0.3) is 11.3 Å². The number of carbonyl (C=O) groups excluding carboxylic acids is 1. The number of pyridine rings is 1. The number of rotatable bonds is 2. The van der Waals surface area contributed by atoms with Crippen LogP contribution in [-0.4, -0.2) is 36.2 Å². The highest BCUT2D eigenvalue weighted by Gasteiger charge is 2.40. The molecule has 9 heteroatoms. The van der Waals surface area contributed by atoms with Gasteiger partial charge in [0.1, 0.15) is 0 Å². The van der Waals surface area contributed by atoms with Gasteiger partial charge in [0.2, 0.25) is 0 Å². The van der Waals surface area contributed by atoms with Gasteiger partial charge in [0, 0.05) is 24.7 Å². The van der Waals surface area contributed by atoms with Crippen LogP contribution in [-0.2, 0) is 6.18 Å². The first-order valence-electron chi connectivity index (χ1n) is 10.0. The van der Waals surface area contributed by atoms with Crippen molar-refractivity contribution in [2.24, 2.45) is 0 Å². The van der Waals surface area contributed by atoms with Gasteiger partial charge in [-0.2, -0.15) is 13.2 Å². The summed E-state index contributed by atoms with van der Waals surface area (Å²) in [6.45, 7) is 1.54. The molecule has 0 spiro atoms. The predicted molar refractivity (Wildman–Crippen MR) is 109 cm³/mol. The molecule has 1 saturated heterocycles. The maximum Gasteiger partial charge on any atom is 0.416 e. The summed E-state index contributed by atoms with van der Waals surface area (Å²) in [4.78, 5) is 21.5. The highest BCUT2D eigenvalue weighted by Crippen LogP contribution is 2.43. The number of halogens is 4. The zero-order valence-electron chi connectivity index (χ0n) is 16.0. The van der Waals surface area contributed by atoms with Gasteiger partial charge in [0.25, 0.3) is 0 Å². The molecule has 158 valence electrons. The van der Waals surface area contributed by atoms with Gasteiger partial charge in [-0.05, 0) is 43.9 Å². The fourth-order valence-electron chi connectivity index (χ4n) is 4.22. The number of piperidine rings is 1. The summed E-state index contributed by atoms with van der Waals surface area (Å²) in [7, 11) is 0. The van der Waals surface area contributed by atoms with E-state index in [1.807, 2.05) is 0 Å². The van der Waals surface area contributed by atoms with E-state index < -0.39 is 11.7 Å². The average Bonchev–Trinajstić information content (AvgIpc) is 3.52. The van der Waals surface area contributed by atoms with Crippen LogP contribution in [0.15, 0.2) is 30.3 Å². The molecule has 1 saturated carbocycles. The van der Waals surface area contributed by atoms with E-state index in [-0.39, 0.29) is 34.4 Å². The van der Waals surface area contributed by atoms with Crippen LogP contribution in [0.4, 0.5) is 29.5 Å². The summed E-state index contributed by atoms with van der Waals surface area (Å²) in [6.07, 6.45) is -0.726. The van der Waals surface area contributed by atoms with Gasteiger partial charge in [-0.25, -0.2) is 9.78 Å². The van der Waals surface area contributed by atoms with Gasteiger partial charge >= 0.3 is 12.2 Å². The quantitative estimate of drug-likeness (QED) is 0.714. The molecule has 30 heavy (non-hydrogen) atoms. The fraction of sp³-hybridized carbons (Fsp3) is 0.429. The molecule has 0 unspecified atom stereocenters. The zero-order valence-corrected chi connectivity index (χ0v) is 16.8. The van der Waals surface area contributed by atoms with E-state index in [0.29, 0.717) is 12.4 Å². The predicted octanol–water partition coefficient (Wildman–Crippen LogP) is 5.08. The summed E-state index contributed by atoms with van der Waals surface area (Å²) >= 11 is 6.47. The fourth-order valence-corrected chi connectivity index (χ4v) is 4.47. The minimum atomic E-state index is -4.46. The molecule has 2 fully saturated rings. The van der Waals surface area contributed by atoms with E-state index in [1.165, 1.54) is 6.07 Å². The Bertz CT molecular complexity index is 1010. The number of fused-ring (bicyclic) bond motifs is 4. The van der Waals surface area contributed by atoms with E-state index in [2.05, 4.69) is 15.2 Å². The molecule has 2 aliphatic heterocycles. The lowest BCUT2D eigenvalue weighted by molar-refractivity contribution is -0.137. The molecule has 3 aliphatic rings. The maximum atomic E-state index is 13.2. The third-order valence-electron chi connectivity index (χ3n) is 5.85. The van der Waals surface area contributed by atoms with Crippen molar-refractivity contribution < 1.29 is 18.0 Å². The molecule has 1 N–H and O–H groups in total. The highest BCUT2D eigenvalue weighted by molar-refractivity contribution is 6.33. The molecule has 5 nitrogen and oxygen atoms in total. The number of hydrogen-bond acceptors (Lipinski definition) is 3. The van der Waals surface area contributed by atoms with Crippen LogP contribution in [0.1, 0.15) is 31.2 Å². The minimum absolute atomic E-state index is 0.0203. The smallest absolute Gasteiger partial charge is 0.366 e. The Morgan fingerprint density at radius 1 is 1.20 bits per heavy atom. The number of benzene rings is 1. The van der Waals surface area contributed by atoms with E-state index in [9.17, 15) is 18.0 Å². The van der Waals surface area contributed by atoms with Crippen LogP contribution < -0.4 is 15.1 Å². The van der Waals surface area contributed by atoms with Gasteiger partial charge < -0.3 is 10.2 Å². The molecule has 2 bridgehead atoms. The second-order valence-corrected chi connectivity index (χ2v) is 8.48. The van der Waals surface area contributed by atoms with Crippen molar-refractivity contribution in [3.63, 3.8) is 0 Å². The van der Waals surface area contributed by atoms with Crippen LogP contribution in [0.2, 0.25) is 5.02 Å². The van der Waals surface area contributed by atoms with Crippen molar-refractivity contribution in [1.29, 1.82) is 0 Å². The Balaban J connectivity index is 1.61. The van der Waals surface area contributed by atoms with Crippen molar-refractivity contribution >= 4 is 29.1 Å². The van der Waals surface area contributed by atoms with Gasteiger partial charge in [-0.3, -0.25) is 4.90 Å². The van der Waals surface area contributed by atoms with Crippen LogP contribution in [0.5, 0.6) is 0 Å².